The zero-order valence-electron chi connectivity index (χ0n) is 8.94. The van der Waals surface area contributed by atoms with E-state index < -0.39 is 0 Å². The van der Waals surface area contributed by atoms with Gasteiger partial charge in [0.2, 0.25) is 0 Å². The van der Waals surface area contributed by atoms with Gasteiger partial charge in [-0.15, -0.1) is 0 Å². The molecule has 0 saturated heterocycles. The minimum absolute atomic E-state index is 0.0271. The van der Waals surface area contributed by atoms with Gasteiger partial charge in [-0.2, -0.15) is 5.26 Å². The summed E-state index contributed by atoms with van der Waals surface area (Å²) in [7, 11) is 1.84. The fourth-order valence-electron chi connectivity index (χ4n) is 1.31. The number of benzene rings is 1. The highest BCUT2D eigenvalue weighted by Gasteiger charge is 2.12. The first-order chi connectivity index (χ1) is 7.10. The average Bonchev–Trinajstić information content (AvgIpc) is 2.26. The van der Waals surface area contributed by atoms with Crippen molar-refractivity contribution in [3.8, 4) is 6.07 Å². The Hall–Kier alpha value is -1.73. The van der Waals surface area contributed by atoms with Crippen molar-refractivity contribution in [1.29, 1.82) is 5.26 Å². The highest BCUT2D eigenvalue weighted by Crippen LogP contribution is 2.22. The lowest BCUT2D eigenvalue weighted by atomic mass is 10.1. The lowest BCUT2D eigenvalue weighted by Gasteiger charge is -2.26. The van der Waals surface area contributed by atoms with Gasteiger partial charge in [-0.1, -0.05) is 0 Å². The molecule has 1 unspecified atom stereocenters. The fourth-order valence-corrected chi connectivity index (χ4v) is 1.31. The van der Waals surface area contributed by atoms with Crippen LogP contribution in [0.4, 0.5) is 11.4 Å². The number of nitrogen functional groups attached to an aromatic ring is 1. The van der Waals surface area contributed by atoms with Crippen molar-refractivity contribution in [3.05, 3.63) is 23.8 Å². The maximum atomic E-state index is 9.04. The molecule has 0 aromatic heterocycles. The van der Waals surface area contributed by atoms with Crippen LogP contribution in [0.2, 0.25) is 0 Å². The van der Waals surface area contributed by atoms with E-state index in [-0.39, 0.29) is 12.6 Å². The Balaban J connectivity index is 3.09. The maximum absolute atomic E-state index is 9.04. The maximum Gasteiger partial charge on any atom is 0.101 e. The Morgan fingerprint density at radius 1 is 1.60 bits per heavy atom. The lowest BCUT2D eigenvalue weighted by molar-refractivity contribution is 0.270. The number of rotatable bonds is 3. The van der Waals surface area contributed by atoms with Gasteiger partial charge in [-0.25, -0.2) is 0 Å². The normalized spacial score (nSPS) is 11.9. The molecule has 0 heterocycles. The second kappa shape index (κ2) is 4.67. The second-order valence-corrected chi connectivity index (χ2v) is 3.53. The second-order valence-electron chi connectivity index (χ2n) is 3.53. The van der Waals surface area contributed by atoms with Crippen molar-refractivity contribution in [3.63, 3.8) is 0 Å². The number of likely N-dealkylation sites (N-methyl/N-ethyl adjacent to an activating group) is 1. The predicted molar refractivity (Wildman–Crippen MR) is 60.5 cm³/mol. The highest BCUT2D eigenvalue weighted by atomic mass is 16.3. The number of nitrogens with two attached hydrogens (primary N) is 1. The van der Waals surface area contributed by atoms with Crippen molar-refractivity contribution in [1.82, 2.24) is 0 Å². The minimum atomic E-state index is -0.0271. The van der Waals surface area contributed by atoms with Crippen molar-refractivity contribution < 1.29 is 5.11 Å². The zero-order chi connectivity index (χ0) is 11.4. The molecule has 0 spiro atoms. The van der Waals surface area contributed by atoms with E-state index in [1.165, 1.54) is 0 Å². The van der Waals surface area contributed by atoms with E-state index in [0.717, 1.165) is 5.69 Å². The van der Waals surface area contributed by atoms with Crippen molar-refractivity contribution >= 4 is 11.4 Å². The van der Waals surface area contributed by atoms with Crippen LogP contribution in [-0.4, -0.2) is 24.8 Å². The molecule has 0 bridgehead atoms. The van der Waals surface area contributed by atoms with E-state index in [9.17, 15) is 0 Å². The third-order valence-electron chi connectivity index (χ3n) is 2.45. The molecular weight excluding hydrogens is 190 g/mol. The van der Waals surface area contributed by atoms with Crippen LogP contribution in [0.1, 0.15) is 12.5 Å². The van der Waals surface area contributed by atoms with Gasteiger partial charge in [-0.3, -0.25) is 0 Å². The molecule has 0 radical (unpaired) electrons. The van der Waals surface area contributed by atoms with Crippen molar-refractivity contribution in [2.75, 3.05) is 24.3 Å². The molecule has 0 fully saturated rings. The van der Waals surface area contributed by atoms with Crippen LogP contribution in [0.25, 0.3) is 0 Å². The molecular formula is C11H15N3O. The summed E-state index contributed by atoms with van der Waals surface area (Å²) < 4.78 is 0. The van der Waals surface area contributed by atoms with Crippen LogP contribution in [0.15, 0.2) is 18.2 Å². The highest BCUT2D eigenvalue weighted by molar-refractivity contribution is 5.64. The van der Waals surface area contributed by atoms with Crippen LogP contribution in [0, 0.1) is 11.3 Å². The van der Waals surface area contributed by atoms with Crippen LogP contribution in [0.5, 0.6) is 0 Å². The monoisotopic (exact) mass is 205 g/mol. The number of aliphatic hydroxyl groups is 1. The standard InChI is InChI=1S/C11H15N3O/c1-8(7-15)14(2)11-4-3-10(13)5-9(11)6-12/h3-5,8,15H,7,13H2,1-2H3. The average molecular weight is 205 g/mol. The van der Waals surface area contributed by atoms with Crippen molar-refractivity contribution in [2.24, 2.45) is 0 Å². The number of hydrogen-bond donors (Lipinski definition) is 2. The van der Waals surface area contributed by atoms with Gasteiger partial charge in [0.05, 0.1) is 17.9 Å². The largest absolute Gasteiger partial charge is 0.399 e. The summed E-state index contributed by atoms with van der Waals surface area (Å²) in [4.78, 5) is 1.86. The molecule has 1 atom stereocenters. The molecule has 0 aliphatic heterocycles. The zero-order valence-corrected chi connectivity index (χ0v) is 8.94. The first kappa shape index (κ1) is 11.3. The fraction of sp³-hybridized carbons (Fsp3) is 0.364. The Labute approximate surface area is 89.5 Å². The van der Waals surface area contributed by atoms with Gasteiger partial charge in [0.25, 0.3) is 0 Å². The van der Waals surface area contributed by atoms with Crippen LogP contribution in [-0.2, 0) is 0 Å². The first-order valence-electron chi connectivity index (χ1n) is 4.73. The topological polar surface area (TPSA) is 73.3 Å². The van der Waals surface area contributed by atoms with Crippen LogP contribution in [0.3, 0.4) is 0 Å². The quantitative estimate of drug-likeness (QED) is 0.721. The third-order valence-corrected chi connectivity index (χ3v) is 2.45. The Morgan fingerprint density at radius 3 is 2.80 bits per heavy atom. The number of aliphatic hydroxyl groups excluding tert-OH is 1. The molecule has 0 aliphatic rings. The van der Waals surface area contributed by atoms with Crippen LogP contribution < -0.4 is 10.6 Å². The molecule has 1 aromatic rings. The Bertz CT molecular complexity index is 384. The SMILES string of the molecule is CC(CO)N(C)c1ccc(N)cc1C#N. The molecule has 15 heavy (non-hydrogen) atoms. The molecule has 3 N–H and O–H groups in total. The van der Waals surface area contributed by atoms with E-state index in [1.54, 1.807) is 18.2 Å². The van der Waals surface area contributed by atoms with Crippen LogP contribution >= 0.6 is 0 Å². The number of nitrogens with zero attached hydrogens (tertiary/aromatic N) is 2. The molecule has 4 nitrogen and oxygen atoms in total. The van der Waals surface area contributed by atoms with Gasteiger partial charge in [0, 0.05) is 18.8 Å². The van der Waals surface area contributed by atoms with Crippen molar-refractivity contribution in [2.45, 2.75) is 13.0 Å². The number of hydrogen-bond acceptors (Lipinski definition) is 4. The molecule has 80 valence electrons. The molecule has 4 heteroatoms. The summed E-state index contributed by atoms with van der Waals surface area (Å²) in [5.74, 6) is 0. The summed E-state index contributed by atoms with van der Waals surface area (Å²) in [6, 6.07) is 7.24. The summed E-state index contributed by atoms with van der Waals surface area (Å²) in [5.41, 5.74) is 7.47. The summed E-state index contributed by atoms with van der Waals surface area (Å²) >= 11 is 0. The summed E-state index contributed by atoms with van der Waals surface area (Å²) in [6.07, 6.45) is 0. The molecule has 1 rings (SSSR count). The van der Waals surface area contributed by atoms with E-state index in [2.05, 4.69) is 6.07 Å². The predicted octanol–water partition coefficient (Wildman–Crippen LogP) is 0.957. The van der Waals surface area contributed by atoms with Gasteiger partial charge < -0.3 is 15.7 Å². The smallest absolute Gasteiger partial charge is 0.101 e. The Kier molecular flexibility index (Phi) is 3.53. The Morgan fingerprint density at radius 2 is 2.27 bits per heavy atom. The summed E-state index contributed by atoms with van der Waals surface area (Å²) in [6.45, 7) is 1.93. The third kappa shape index (κ3) is 2.39. The number of nitriles is 1. The summed E-state index contributed by atoms with van der Waals surface area (Å²) in [5, 5.41) is 18.0. The van der Waals surface area contributed by atoms with E-state index in [4.69, 9.17) is 16.1 Å². The minimum Gasteiger partial charge on any atom is -0.399 e. The van der Waals surface area contributed by atoms with Gasteiger partial charge in [0.1, 0.15) is 6.07 Å². The van der Waals surface area contributed by atoms with E-state index >= 15 is 0 Å². The van der Waals surface area contributed by atoms with E-state index in [0.29, 0.717) is 11.3 Å². The molecule has 1 aromatic carbocycles. The lowest BCUT2D eigenvalue weighted by Crippen LogP contribution is -2.32. The first-order valence-corrected chi connectivity index (χ1v) is 4.73. The molecule has 0 amide bonds. The van der Waals surface area contributed by atoms with Gasteiger partial charge >= 0.3 is 0 Å². The molecule has 0 saturated carbocycles. The van der Waals surface area contributed by atoms with Gasteiger partial charge in [-0.05, 0) is 25.1 Å². The van der Waals surface area contributed by atoms with Gasteiger partial charge in [0.15, 0.2) is 0 Å². The van der Waals surface area contributed by atoms with E-state index in [1.807, 2.05) is 18.9 Å². The molecule has 0 aliphatic carbocycles. The number of anilines is 2.